The number of nitrogens with zero attached hydrogens (tertiary/aromatic N) is 2. The lowest BCUT2D eigenvalue weighted by molar-refractivity contribution is 0.0734. The largest absolute Gasteiger partial charge is 0.497 e. The molecule has 25 heavy (non-hydrogen) atoms. The van der Waals surface area contributed by atoms with E-state index in [2.05, 4.69) is 6.07 Å². The van der Waals surface area contributed by atoms with Gasteiger partial charge < -0.3 is 14.4 Å². The fourth-order valence-corrected chi connectivity index (χ4v) is 3.32. The topological polar surface area (TPSA) is 62.6 Å². The molecule has 2 aromatic rings. The summed E-state index contributed by atoms with van der Waals surface area (Å²) < 4.78 is 10.8. The van der Waals surface area contributed by atoms with E-state index in [-0.39, 0.29) is 11.9 Å². The molecule has 1 saturated heterocycles. The Morgan fingerprint density at radius 1 is 1.20 bits per heavy atom. The van der Waals surface area contributed by atoms with Gasteiger partial charge >= 0.3 is 0 Å². The number of likely N-dealkylation sites (tertiary alicyclic amines) is 1. The van der Waals surface area contributed by atoms with Crippen molar-refractivity contribution in [3.63, 3.8) is 0 Å². The molecule has 0 saturated carbocycles. The molecule has 0 N–H and O–H groups in total. The van der Waals surface area contributed by atoms with Gasteiger partial charge in [0, 0.05) is 17.7 Å². The van der Waals surface area contributed by atoms with Crippen LogP contribution < -0.4 is 9.47 Å². The number of amides is 1. The lowest BCUT2D eigenvalue weighted by Gasteiger charge is -2.27. The predicted molar refractivity (Wildman–Crippen MR) is 93.7 cm³/mol. The van der Waals surface area contributed by atoms with Gasteiger partial charge in [-0.15, -0.1) is 0 Å². The van der Waals surface area contributed by atoms with Crippen molar-refractivity contribution in [2.24, 2.45) is 0 Å². The van der Waals surface area contributed by atoms with E-state index in [1.165, 1.54) is 0 Å². The third-order valence-electron chi connectivity index (χ3n) is 4.55. The second kappa shape index (κ2) is 7.27. The van der Waals surface area contributed by atoms with Crippen LogP contribution >= 0.6 is 0 Å². The Hall–Kier alpha value is -3.00. The number of benzene rings is 2. The Bertz CT molecular complexity index is 826. The quantitative estimate of drug-likeness (QED) is 0.856. The summed E-state index contributed by atoms with van der Waals surface area (Å²) in [5.74, 6) is 1.42. The third kappa shape index (κ3) is 3.29. The van der Waals surface area contributed by atoms with Gasteiger partial charge in [0.2, 0.25) is 0 Å². The van der Waals surface area contributed by atoms with Crippen LogP contribution in [0.5, 0.6) is 11.5 Å². The summed E-state index contributed by atoms with van der Waals surface area (Å²) in [7, 11) is 3.25. The first-order valence-electron chi connectivity index (χ1n) is 8.21. The summed E-state index contributed by atoms with van der Waals surface area (Å²) in [6.07, 6.45) is 1.79. The van der Waals surface area contributed by atoms with E-state index in [0.717, 1.165) is 29.9 Å². The minimum atomic E-state index is -0.0664. The summed E-state index contributed by atoms with van der Waals surface area (Å²) >= 11 is 0. The molecule has 2 aromatic carbocycles. The fourth-order valence-electron chi connectivity index (χ4n) is 3.32. The van der Waals surface area contributed by atoms with Gasteiger partial charge in [0.25, 0.3) is 5.91 Å². The van der Waals surface area contributed by atoms with Crippen LogP contribution in [-0.4, -0.2) is 31.6 Å². The van der Waals surface area contributed by atoms with Crippen LogP contribution in [0.4, 0.5) is 0 Å². The standard InChI is InChI=1S/C20H20N2O3/c1-24-16-8-9-19(25-2)17(12-16)18-7-4-10-22(18)20(23)15-6-3-5-14(11-15)13-21/h3,5-6,8-9,11-12,18H,4,7,10H2,1-2H3/t18-/m0/s1. The van der Waals surface area contributed by atoms with Crippen molar-refractivity contribution in [2.45, 2.75) is 18.9 Å². The van der Waals surface area contributed by atoms with E-state index in [9.17, 15) is 4.79 Å². The molecule has 5 heteroatoms. The summed E-state index contributed by atoms with van der Waals surface area (Å²) in [5, 5.41) is 9.06. The molecule has 1 heterocycles. The highest BCUT2D eigenvalue weighted by molar-refractivity contribution is 5.95. The first kappa shape index (κ1) is 16.8. The van der Waals surface area contributed by atoms with Gasteiger partial charge in [0.05, 0.1) is 31.9 Å². The average Bonchev–Trinajstić information content (AvgIpc) is 3.16. The average molecular weight is 336 g/mol. The lowest BCUT2D eigenvalue weighted by atomic mass is 10.0. The molecule has 1 amide bonds. The lowest BCUT2D eigenvalue weighted by Crippen LogP contribution is -2.30. The van der Waals surface area contributed by atoms with E-state index in [4.69, 9.17) is 14.7 Å². The zero-order valence-electron chi connectivity index (χ0n) is 14.4. The van der Waals surface area contributed by atoms with Crippen LogP contribution in [-0.2, 0) is 0 Å². The Morgan fingerprint density at radius 2 is 2.04 bits per heavy atom. The normalized spacial score (nSPS) is 16.4. The van der Waals surface area contributed by atoms with Crippen LogP contribution in [0, 0.1) is 11.3 Å². The van der Waals surface area contributed by atoms with Gasteiger partial charge in [0.1, 0.15) is 11.5 Å². The summed E-state index contributed by atoms with van der Waals surface area (Å²) in [6, 6.07) is 14.5. The van der Waals surface area contributed by atoms with Crippen molar-refractivity contribution in [2.75, 3.05) is 20.8 Å². The van der Waals surface area contributed by atoms with Gasteiger partial charge in [-0.05, 0) is 49.2 Å². The summed E-state index contributed by atoms with van der Waals surface area (Å²) in [6.45, 7) is 0.681. The van der Waals surface area contributed by atoms with Crippen molar-refractivity contribution in [3.8, 4) is 17.6 Å². The van der Waals surface area contributed by atoms with Gasteiger partial charge in [-0.25, -0.2) is 0 Å². The second-order valence-electron chi connectivity index (χ2n) is 5.96. The first-order valence-corrected chi connectivity index (χ1v) is 8.21. The minimum Gasteiger partial charge on any atom is -0.497 e. The zero-order chi connectivity index (χ0) is 17.8. The van der Waals surface area contributed by atoms with Crippen LogP contribution in [0.3, 0.4) is 0 Å². The monoisotopic (exact) mass is 336 g/mol. The highest BCUT2D eigenvalue weighted by Crippen LogP contribution is 2.39. The number of hydrogen-bond acceptors (Lipinski definition) is 4. The van der Waals surface area contributed by atoms with Crippen LogP contribution in [0.2, 0.25) is 0 Å². The van der Waals surface area contributed by atoms with Gasteiger partial charge in [0.15, 0.2) is 0 Å². The maximum absolute atomic E-state index is 13.0. The highest BCUT2D eigenvalue weighted by Gasteiger charge is 2.32. The molecule has 1 aliphatic rings. The minimum absolute atomic E-state index is 0.0653. The SMILES string of the molecule is COc1ccc(OC)c([C@@H]2CCCN2C(=O)c2cccc(C#N)c2)c1. The number of rotatable bonds is 4. The van der Waals surface area contributed by atoms with E-state index in [0.29, 0.717) is 17.7 Å². The predicted octanol–water partition coefficient (Wildman–Crippen LogP) is 3.55. The summed E-state index contributed by atoms with van der Waals surface area (Å²) in [5.41, 5.74) is 1.97. The molecule has 0 spiro atoms. The summed E-state index contributed by atoms with van der Waals surface area (Å²) in [4.78, 5) is 14.9. The molecule has 128 valence electrons. The highest BCUT2D eigenvalue weighted by atomic mass is 16.5. The number of hydrogen-bond donors (Lipinski definition) is 0. The van der Waals surface area contributed by atoms with E-state index in [1.54, 1.807) is 38.5 Å². The molecule has 0 unspecified atom stereocenters. The Morgan fingerprint density at radius 3 is 2.76 bits per heavy atom. The molecule has 3 rings (SSSR count). The fraction of sp³-hybridized carbons (Fsp3) is 0.300. The molecule has 1 atom stereocenters. The molecule has 0 radical (unpaired) electrons. The number of ether oxygens (including phenoxy) is 2. The van der Waals surface area contributed by atoms with Crippen LogP contribution in [0.15, 0.2) is 42.5 Å². The first-order chi connectivity index (χ1) is 12.2. The number of carbonyl (C=O) groups excluding carboxylic acids is 1. The van der Waals surface area contributed by atoms with E-state index >= 15 is 0 Å². The van der Waals surface area contributed by atoms with E-state index < -0.39 is 0 Å². The maximum Gasteiger partial charge on any atom is 0.254 e. The number of nitriles is 1. The molecule has 0 bridgehead atoms. The molecular weight excluding hydrogens is 316 g/mol. The van der Waals surface area contributed by atoms with Crippen molar-refractivity contribution >= 4 is 5.91 Å². The van der Waals surface area contributed by atoms with Gasteiger partial charge in [-0.1, -0.05) is 6.07 Å². The Labute approximate surface area is 147 Å². The van der Waals surface area contributed by atoms with Crippen molar-refractivity contribution in [1.82, 2.24) is 4.90 Å². The number of carbonyl (C=O) groups is 1. The number of methoxy groups -OCH3 is 2. The molecule has 1 fully saturated rings. The Balaban J connectivity index is 1.95. The molecular formula is C20H20N2O3. The molecule has 0 aromatic heterocycles. The molecule has 5 nitrogen and oxygen atoms in total. The van der Waals surface area contributed by atoms with E-state index in [1.807, 2.05) is 23.1 Å². The smallest absolute Gasteiger partial charge is 0.254 e. The van der Waals surface area contributed by atoms with Gasteiger partial charge in [-0.2, -0.15) is 5.26 Å². The zero-order valence-corrected chi connectivity index (χ0v) is 14.4. The van der Waals surface area contributed by atoms with Crippen molar-refractivity contribution < 1.29 is 14.3 Å². The van der Waals surface area contributed by atoms with Crippen LogP contribution in [0.25, 0.3) is 0 Å². The van der Waals surface area contributed by atoms with Gasteiger partial charge in [-0.3, -0.25) is 4.79 Å². The van der Waals surface area contributed by atoms with Crippen molar-refractivity contribution in [1.29, 1.82) is 5.26 Å². The molecule has 1 aliphatic heterocycles. The third-order valence-corrected chi connectivity index (χ3v) is 4.55. The molecule has 0 aliphatic carbocycles. The van der Waals surface area contributed by atoms with Crippen molar-refractivity contribution in [3.05, 3.63) is 59.2 Å². The maximum atomic E-state index is 13.0. The Kier molecular flexibility index (Phi) is 4.90. The second-order valence-corrected chi connectivity index (χ2v) is 5.96. The van der Waals surface area contributed by atoms with Crippen LogP contribution in [0.1, 0.15) is 40.4 Å².